The Labute approximate surface area is 101 Å². The van der Waals surface area contributed by atoms with E-state index < -0.39 is 0 Å². The average molecular weight is 242 g/mol. The van der Waals surface area contributed by atoms with Gasteiger partial charge in [0.2, 0.25) is 0 Å². The molecular formula is C12H16ClNS. The van der Waals surface area contributed by atoms with Crippen molar-refractivity contribution in [2.75, 3.05) is 11.5 Å². The lowest BCUT2D eigenvalue weighted by Gasteiger charge is -2.20. The molecule has 0 aromatic heterocycles. The third kappa shape index (κ3) is 2.90. The molecule has 2 rings (SSSR count). The zero-order valence-electron chi connectivity index (χ0n) is 8.87. The molecular weight excluding hydrogens is 226 g/mol. The van der Waals surface area contributed by atoms with Crippen molar-refractivity contribution in [3.8, 4) is 0 Å². The van der Waals surface area contributed by atoms with Gasteiger partial charge in [-0.2, -0.15) is 11.8 Å². The predicted molar refractivity (Wildman–Crippen MR) is 68.7 cm³/mol. The van der Waals surface area contributed by atoms with E-state index in [0.29, 0.717) is 12.1 Å². The van der Waals surface area contributed by atoms with Crippen LogP contribution in [0.5, 0.6) is 0 Å². The molecule has 0 aliphatic carbocycles. The summed E-state index contributed by atoms with van der Waals surface area (Å²) < 4.78 is 0. The molecule has 1 heterocycles. The quantitative estimate of drug-likeness (QED) is 0.808. The number of halogens is 1. The minimum atomic E-state index is 0.404. The first-order chi connectivity index (χ1) is 7.27. The summed E-state index contributed by atoms with van der Waals surface area (Å²) in [5.41, 5.74) is 1.24. The molecule has 0 amide bonds. The summed E-state index contributed by atoms with van der Waals surface area (Å²) in [6, 6.07) is 9.13. The molecule has 1 aromatic carbocycles. The van der Waals surface area contributed by atoms with Crippen molar-refractivity contribution >= 4 is 23.4 Å². The summed E-state index contributed by atoms with van der Waals surface area (Å²) in [7, 11) is 0. The summed E-state index contributed by atoms with van der Waals surface area (Å²) in [6.07, 6.45) is 1.24. The number of thioether (sulfide) groups is 1. The van der Waals surface area contributed by atoms with Crippen LogP contribution in [-0.2, 0) is 0 Å². The SMILES string of the molecule is CC1CCSCC(c2ccccc2Cl)N1. The average Bonchev–Trinajstić information content (AvgIpc) is 2.43. The van der Waals surface area contributed by atoms with E-state index in [1.807, 2.05) is 23.9 Å². The molecule has 1 fully saturated rings. The molecule has 2 atom stereocenters. The summed E-state index contributed by atoms with van der Waals surface area (Å²) in [5.74, 6) is 2.36. The molecule has 1 aliphatic heterocycles. The van der Waals surface area contributed by atoms with Crippen molar-refractivity contribution in [3.63, 3.8) is 0 Å². The van der Waals surface area contributed by atoms with Gasteiger partial charge < -0.3 is 5.32 Å². The molecule has 1 nitrogen and oxygen atoms in total. The van der Waals surface area contributed by atoms with Gasteiger partial charge >= 0.3 is 0 Å². The Bertz CT molecular complexity index is 329. The lowest BCUT2D eigenvalue weighted by atomic mass is 10.1. The van der Waals surface area contributed by atoms with E-state index in [-0.39, 0.29) is 0 Å². The van der Waals surface area contributed by atoms with Gasteiger partial charge in [0.1, 0.15) is 0 Å². The van der Waals surface area contributed by atoms with Crippen molar-refractivity contribution < 1.29 is 0 Å². The Hall–Kier alpha value is -0.180. The van der Waals surface area contributed by atoms with Gasteiger partial charge in [-0.05, 0) is 30.7 Å². The van der Waals surface area contributed by atoms with Crippen molar-refractivity contribution in [1.29, 1.82) is 0 Å². The van der Waals surface area contributed by atoms with E-state index in [1.54, 1.807) is 0 Å². The van der Waals surface area contributed by atoms with Gasteiger partial charge in [-0.3, -0.25) is 0 Å². The molecule has 3 heteroatoms. The van der Waals surface area contributed by atoms with Crippen LogP contribution in [0.15, 0.2) is 24.3 Å². The van der Waals surface area contributed by atoms with Crippen LogP contribution >= 0.6 is 23.4 Å². The highest BCUT2D eigenvalue weighted by molar-refractivity contribution is 7.99. The maximum atomic E-state index is 6.21. The summed E-state index contributed by atoms with van der Waals surface area (Å²) >= 11 is 8.22. The van der Waals surface area contributed by atoms with Crippen LogP contribution in [0.2, 0.25) is 5.02 Å². The highest BCUT2D eigenvalue weighted by atomic mass is 35.5. The minimum absolute atomic E-state index is 0.404. The van der Waals surface area contributed by atoms with Crippen molar-refractivity contribution in [3.05, 3.63) is 34.9 Å². The lowest BCUT2D eigenvalue weighted by Crippen LogP contribution is -2.30. The smallest absolute Gasteiger partial charge is 0.0454 e. The van der Waals surface area contributed by atoms with E-state index >= 15 is 0 Å². The molecule has 1 aromatic rings. The normalized spacial score (nSPS) is 27.3. The molecule has 82 valence electrons. The van der Waals surface area contributed by atoms with Gasteiger partial charge in [0.25, 0.3) is 0 Å². The summed E-state index contributed by atoms with van der Waals surface area (Å²) in [5, 5.41) is 4.51. The number of benzene rings is 1. The van der Waals surface area contributed by atoms with E-state index in [2.05, 4.69) is 24.4 Å². The van der Waals surface area contributed by atoms with Crippen LogP contribution in [-0.4, -0.2) is 17.5 Å². The van der Waals surface area contributed by atoms with Crippen molar-refractivity contribution in [2.45, 2.75) is 25.4 Å². The van der Waals surface area contributed by atoms with E-state index in [4.69, 9.17) is 11.6 Å². The highest BCUT2D eigenvalue weighted by Crippen LogP contribution is 2.28. The first-order valence-electron chi connectivity index (χ1n) is 5.35. The maximum absolute atomic E-state index is 6.21. The van der Waals surface area contributed by atoms with E-state index in [1.165, 1.54) is 17.7 Å². The van der Waals surface area contributed by atoms with Crippen molar-refractivity contribution in [2.24, 2.45) is 0 Å². The Morgan fingerprint density at radius 2 is 2.20 bits per heavy atom. The molecule has 0 bridgehead atoms. The second kappa shape index (κ2) is 5.24. The molecule has 0 saturated carbocycles. The standard InChI is InChI=1S/C12H16ClNS/c1-9-6-7-15-8-12(14-9)10-4-2-3-5-11(10)13/h2-5,9,12,14H,6-8H2,1H3. The number of hydrogen-bond donors (Lipinski definition) is 1. The monoisotopic (exact) mass is 241 g/mol. The molecule has 0 spiro atoms. The number of hydrogen-bond acceptors (Lipinski definition) is 2. The molecule has 1 saturated heterocycles. The van der Waals surface area contributed by atoms with Crippen molar-refractivity contribution in [1.82, 2.24) is 5.32 Å². The third-order valence-corrected chi connectivity index (χ3v) is 4.18. The predicted octanol–water partition coefficient (Wildman–Crippen LogP) is 3.50. The maximum Gasteiger partial charge on any atom is 0.0454 e. The molecule has 2 unspecified atom stereocenters. The first-order valence-corrected chi connectivity index (χ1v) is 6.89. The Morgan fingerprint density at radius 1 is 1.40 bits per heavy atom. The van der Waals surface area contributed by atoms with Crippen LogP contribution in [0.1, 0.15) is 24.9 Å². The van der Waals surface area contributed by atoms with Gasteiger partial charge in [-0.25, -0.2) is 0 Å². The second-order valence-electron chi connectivity index (χ2n) is 4.01. The largest absolute Gasteiger partial charge is 0.307 e. The van der Waals surface area contributed by atoms with E-state index in [0.717, 1.165) is 10.8 Å². The molecule has 15 heavy (non-hydrogen) atoms. The van der Waals surface area contributed by atoms with Gasteiger partial charge in [0.15, 0.2) is 0 Å². The third-order valence-electron chi connectivity index (χ3n) is 2.75. The van der Waals surface area contributed by atoms with Crippen LogP contribution < -0.4 is 5.32 Å². The summed E-state index contributed by atoms with van der Waals surface area (Å²) in [4.78, 5) is 0. The van der Waals surface area contributed by atoms with Gasteiger partial charge in [0.05, 0.1) is 0 Å². The van der Waals surface area contributed by atoms with Gasteiger partial charge in [-0.15, -0.1) is 0 Å². The Kier molecular flexibility index (Phi) is 3.95. The Balaban J connectivity index is 2.18. The molecule has 1 N–H and O–H groups in total. The second-order valence-corrected chi connectivity index (χ2v) is 5.56. The van der Waals surface area contributed by atoms with Gasteiger partial charge in [0, 0.05) is 22.9 Å². The first kappa shape index (κ1) is 11.3. The zero-order chi connectivity index (χ0) is 10.7. The van der Waals surface area contributed by atoms with Gasteiger partial charge in [-0.1, -0.05) is 29.8 Å². The van der Waals surface area contributed by atoms with Crippen LogP contribution in [0, 0.1) is 0 Å². The summed E-state index contributed by atoms with van der Waals surface area (Å²) in [6.45, 7) is 2.25. The number of rotatable bonds is 1. The van der Waals surface area contributed by atoms with Crippen LogP contribution in [0.25, 0.3) is 0 Å². The number of nitrogens with one attached hydrogen (secondary N) is 1. The lowest BCUT2D eigenvalue weighted by molar-refractivity contribution is 0.485. The van der Waals surface area contributed by atoms with Crippen LogP contribution in [0.3, 0.4) is 0 Å². The molecule has 0 radical (unpaired) electrons. The zero-order valence-corrected chi connectivity index (χ0v) is 10.4. The Morgan fingerprint density at radius 3 is 3.00 bits per heavy atom. The topological polar surface area (TPSA) is 12.0 Å². The fraction of sp³-hybridized carbons (Fsp3) is 0.500. The highest BCUT2D eigenvalue weighted by Gasteiger charge is 2.19. The minimum Gasteiger partial charge on any atom is -0.307 e. The molecule has 1 aliphatic rings. The van der Waals surface area contributed by atoms with Crippen LogP contribution in [0.4, 0.5) is 0 Å². The van der Waals surface area contributed by atoms with E-state index in [9.17, 15) is 0 Å². The fourth-order valence-electron chi connectivity index (χ4n) is 1.87. The fourth-order valence-corrected chi connectivity index (χ4v) is 3.34.